The van der Waals surface area contributed by atoms with Gasteiger partial charge in [0.15, 0.2) is 11.2 Å². The molecule has 3 rings (SSSR count). The van der Waals surface area contributed by atoms with Gasteiger partial charge < -0.3 is 10.4 Å². The molecule has 8 nitrogen and oxygen atoms in total. The van der Waals surface area contributed by atoms with E-state index in [1.54, 1.807) is 0 Å². The van der Waals surface area contributed by atoms with Crippen molar-refractivity contribution in [2.75, 3.05) is 5.32 Å². The van der Waals surface area contributed by atoms with E-state index in [0.29, 0.717) is 16.1 Å². The van der Waals surface area contributed by atoms with Crippen LogP contribution in [0.25, 0.3) is 0 Å². The highest BCUT2D eigenvalue weighted by Gasteiger charge is 2.32. The van der Waals surface area contributed by atoms with Crippen molar-refractivity contribution in [2.24, 2.45) is 0 Å². The van der Waals surface area contributed by atoms with Crippen molar-refractivity contribution in [1.82, 2.24) is 20.0 Å². The van der Waals surface area contributed by atoms with Crippen molar-refractivity contribution in [3.8, 4) is 0 Å². The molecule has 9 heteroatoms. The summed E-state index contributed by atoms with van der Waals surface area (Å²) >= 11 is 3.41. The van der Waals surface area contributed by atoms with Gasteiger partial charge in [-0.2, -0.15) is 10.2 Å². The Morgan fingerprint density at radius 1 is 1.48 bits per heavy atom. The smallest absolute Gasteiger partial charge is 0.331 e. The van der Waals surface area contributed by atoms with Crippen LogP contribution in [-0.2, 0) is 10.3 Å². The number of carbonyl (C=O) groups excluding carboxylic acids is 1. The lowest BCUT2D eigenvalue weighted by Crippen LogP contribution is -2.35. The van der Waals surface area contributed by atoms with Gasteiger partial charge in [-0.1, -0.05) is 0 Å². The number of nitrogens with one attached hydrogen (secondary N) is 2. The monoisotopic (exact) mass is 381 g/mol. The number of anilines is 1. The summed E-state index contributed by atoms with van der Waals surface area (Å²) in [5.74, 6) is -0.951. The number of hydrogen-bond donors (Lipinski definition) is 3. The average molecular weight is 382 g/mol. The number of carbonyl (C=O) groups is 2. The topological polar surface area (TPSA) is 113 Å². The summed E-state index contributed by atoms with van der Waals surface area (Å²) in [5.41, 5.74) is 0.428. The zero-order valence-electron chi connectivity index (χ0n) is 12.6. The number of nitrogens with zero attached hydrogens (tertiary/aromatic N) is 3. The van der Waals surface area contributed by atoms with Crippen LogP contribution >= 0.6 is 15.9 Å². The summed E-state index contributed by atoms with van der Waals surface area (Å²) < 4.78 is 1.97. The molecular weight excluding hydrogens is 366 g/mol. The molecule has 0 aliphatic heterocycles. The lowest BCUT2D eigenvalue weighted by molar-refractivity contribution is -0.146. The zero-order chi connectivity index (χ0) is 16.8. The normalized spacial score (nSPS) is 14.7. The molecule has 0 atom stereocenters. The summed E-state index contributed by atoms with van der Waals surface area (Å²) in [4.78, 5) is 23.5. The van der Waals surface area contributed by atoms with Gasteiger partial charge in [0.05, 0.1) is 22.1 Å². The summed E-state index contributed by atoms with van der Waals surface area (Å²) in [6.45, 7) is 3.06. The van der Waals surface area contributed by atoms with Gasteiger partial charge in [0.25, 0.3) is 5.91 Å². The molecule has 23 heavy (non-hydrogen) atoms. The van der Waals surface area contributed by atoms with Crippen molar-refractivity contribution < 1.29 is 14.7 Å². The average Bonchev–Trinajstić information content (AvgIpc) is 3.08. The van der Waals surface area contributed by atoms with Gasteiger partial charge in [0, 0.05) is 12.1 Å². The molecule has 0 bridgehead atoms. The maximum absolute atomic E-state index is 12.3. The minimum atomic E-state index is -1.20. The Labute approximate surface area is 140 Å². The van der Waals surface area contributed by atoms with E-state index in [0.717, 1.165) is 18.5 Å². The van der Waals surface area contributed by atoms with Crippen molar-refractivity contribution in [3.63, 3.8) is 0 Å². The van der Waals surface area contributed by atoms with E-state index in [-0.39, 0.29) is 11.6 Å². The number of carboxylic acid groups (broad SMARTS) is 1. The van der Waals surface area contributed by atoms with E-state index in [2.05, 4.69) is 36.5 Å². The van der Waals surface area contributed by atoms with Crippen molar-refractivity contribution in [3.05, 3.63) is 28.3 Å². The van der Waals surface area contributed by atoms with Crippen molar-refractivity contribution in [2.45, 2.75) is 38.1 Å². The van der Waals surface area contributed by atoms with Crippen LogP contribution in [0.1, 0.15) is 48.8 Å². The van der Waals surface area contributed by atoms with Crippen LogP contribution in [-0.4, -0.2) is 37.0 Å². The first-order valence-corrected chi connectivity index (χ1v) is 7.93. The van der Waals surface area contributed by atoms with Crippen LogP contribution in [0.3, 0.4) is 0 Å². The number of amides is 1. The van der Waals surface area contributed by atoms with Gasteiger partial charge in [0.2, 0.25) is 0 Å². The molecule has 0 aromatic carbocycles. The molecule has 1 saturated carbocycles. The third-order valence-electron chi connectivity index (χ3n) is 3.87. The van der Waals surface area contributed by atoms with Gasteiger partial charge in [-0.25, -0.2) is 4.79 Å². The molecule has 3 N–H and O–H groups in total. The van der Waals surface area contributed by atoms with E-state index in [9.17, 15) is 14.7 Å². The fraction of sp³-hybridized carbons (Fsp3) is 0.429. The van der Waals surface area contributed by atoms with Crippen LogP contribution in [0.5, 0.6) is 0 Å². The molecule has 2 aromatic rings. The second-order valence-corrected chi connectivity index (χ2v) is 6.86. The quantitative estimate of drug-likeness (QED) is 0.735. The number of aromatic amines is 1. The Hall–Kier alpha value is -2.16. The SMILES string of the molecule is CC(C)(C(=O)O)n1cc(NC(=O)c2n[nH]c(C3CC3)c2Br)cn1. The Morgan fingerprint density at radius 2 is 2.17 bits per heavy atom. The second kappa shape index (κ2) is 5.48. The Balaban J connectivity index is 1.76. The van der Waals surface area contributed by atoms with Crippen LogP contribution in [0.2, 0.25) is 0 Å². The Bertz CT molecular complexity index is 775. The van der Waals surface area contributed by atoms with Crippen molar-refractivity contribution in [1.29, 1.82) is 0 Å². The second-order valence-electron chi connectivity index (χ2n) is 6.07. The fourth-order valence-electron chi connectivity index (χ4n) is 2.12. The van der Waals surface area contributed by atoms with Crippen molar-refractivity contribution >= 4 is 33.5 Å². The number of aliphatic carboxylic acids is 1. The van der Waals surface area contributed by atoms with E-state index in [1.807, 2.05) is 0 Å². The Kier molecular flexibility index (Phi) is 3.75. The molecule has 1 fully saturated rings. The molecule has 0 unspecified atom stereocenters. The minimum Gasteiger partial charge on any atom is -0.479 e. The Morgan fingerprint density at radius 3 is 2.78 bits per heavy atom. The summed E-state index contributed by atoms with van der Waals surface area (Å²) in [6, 6.07) is 0. The maximum atomic E-state index is 12.3. The highest BCUT2D eigenvalue weighted by atomic mass is 79.9. The first-order chi connectivity index (χ1) is 10.8. The maximum Gasteiger partial charge on any atom is 0.331 e. The van der Waals surface area contributed by atoms with E-state index < -0.39 is 11.5 Å². The first-order valence-electron chi connectivity index (χ1n) is 7.14. The van der Waals surface area contributed by atoms with Gasteiger partial charge in [-0.05, 0) is 42.6 Å². The van der Waals surface area contributed by atoms with Gasteiger partial charge >= 0.3 is 5.97 Å². The zero-order valence-corrected chi connectivity index (χ0v) is 14.2. The first kappa shape index (κ1) is 15.7. The fourth-order valence-corrected chi connectivity index (χ4v) is 2.80. The molecule has 1 aliphatic carbocycles. The van der Waals surface area contributed by atoms with Crippen LogP contribution in [0.15, 0.2) is 16.9 Å². The predicted octanol–water partition coefficient (Wildman–Crippen LogP) is 2.32. The molecule has 122 valence electrons. The number of carboxylic acids is 1. The summed E-state index contributed by atoms with van der Waals surface area (Å²) in [7, 11) is 0. The highest BCUT2D eigenvalue weighted by Crippen LogP contribution is 2.42. The molecule has 0 saturated heterocycles. The van der Waals surface area contributed by atoms with E-state index >= 15 is 0 Å². The highest BCUT2D eigenvalue weighted by molar-refractivity contribution is 9.10. The summed E-state index contributed by atoms with van der Waals surface area (Å²) in [6.07, 6.45) is 5.08. The summed E-state index contributed by atoms with van der Waals surface area (Å²) in [5, 5.41) is 22.8. The number of halogens is 1. The van der Waals surface area contributed by atoms with Gasteiger partial charge in [-0.3, -0.25) is 14.6 Å². The molecule has 0 radical (unpaired) electrons. The lowest BCUT2D eigenvalue weighted by atomic mass is 10.1. The van der Waals surface area contributed by atoms with Crippen LogP contribution < -0.4 is 5.32 Å². The van der Waals surface area contributed by atoms with Gasteiger partial charge in [-0.15, -0.1) is 0 Å². The third kappa shape index (κ3) is 2.88. The number of aromatic nitrogens is 4. The standard InChI is InChI=1S/C14H16BrN5O3/c1-14(2,13(22)23)20-6-8(5-16-20)17-12(21)11-9(15)10(18-19-11)7-3-4-7/h5-7H,3-4H2,1-2H3,(H,17,21)(H,18,19)(H,22,23). The van der Waals surface area contributed by atoms with Crippen LogP contribution in [0.4, 0.5) is 5.69 Å². The van der Waals surface area contributed by atoms with Gasteiger partial charge in [0.1, 0.15) is 0 Å². The predicted molar refractivity (Wildman–Crippen MR) is 85.4 cm³/mol. The van der Waals surface area contributed by atoms with E-state index in [1.165, 1.54) is 30.9 Å². The molecule has 1 aliphatic rings. The third-order valence-corrected chi connectivity index (χ3v) is 4.67. The van der Waals surface area contributed by atoms with Crippen LogP contribution in [0, 0.1) is 0 Å². The lowest BCUT2D eigenvalue weighted by Gasteiger charge is -2.19. The molecular formula is C14H16BrN5O3. The molecule has 2 heterocycles. The number of rotatable bonds is 5. The number of H-pyrrole nitrogens is 1. The molecule has 2 aromatic heterocycles. The minimum absolute atomic E-state index is 0.275. The van der Waals surface area contributed by atoms with E-state index in [4.69, 9.17) is 0 Å². The largest absolute Gasteiger partial charge is 0.479 e. The molecule has 1 amide bonds. The molecule has 0 spiro atoms. The number of hydrogen-bond acceptors (Lipinski definition) is 4.